The third-order valence-corrected chi connectivity index (χ3v) is 6.10. The molecule has 0 aliphatic heterocycles. The van der Waals surface area contributed by atoms with E-state index in [1.54, 1.807) is 22.3 Å². The Morgan fingerprint density at radius 1 is 0.944 bits per heavy atom. The summed E-state index contributed by atoms with van der Waals surface area (Å²) in [5.74, 6) is 1.55. The summed E-state index contributed by atoms with van der Waals surface area (Å²) >= 11 is 0. The second kappa shape index (κ2) is 4.87. The maximum atomic E-state index is 2.42. The van der Waals surface area contributed by atoms with Crippen LogP contribution in [0.3, 0.4) is 0 Å². The van der Waals surface area contributed by atoms with E-state index in [1.807, 2.05) is 0 Å². The van der Waals surface area contributed by atoms with E-state index in [4.69, 9.17) is 0 Å². The van der Waals surface area contributed by atoms with E-state index in [9.17, 15) is 0 Å². The molecule has 18 heavy (non-hydrogen) atoms. The second-order valence-electron chi connectivity index (χ2n) is 7.12. The second-order valence-corrected chi connectivity index (χ2v) is 7.12. The van der Waals surface area contributed by atoms with Crippen molar-refractivity contribution >= 4 is 0 Å². The van der Waals surface area contributed by atoms with Gasteiger partial charge in [-0.3, -0.25) is 0 Å². The first-order chi connectivity index (χ1) is 8.37. The van der Waals surface area contributed by atoms with Crippen LogP contribution >= 0.6 is 0 Å². The molecule has 0 saturated heterocycles. The van der Waals surface area contributed by atoms with Gasteiger partial charge in [-0.2, -0.15) is 0 Å². The number of hydrogen-bond acceptors (Lipinski definition) is 0. The maximum absolute atomic E-state index is 2.42. The molecule has 102 valence electrons. The van der Waals surface area contributed by atoms with E-state index in [1.165, 1.54) is 32.1 Å². The Kier molecular flexibility index (Phi) is 3.76. The van der Waals surface area contributed by atoms with Crippen LogP contribution in [-0.4, -0.2) is 0 Å². The molecule has 0 heteroatoms. The highest BCUT2D eigenvalue weighted by atomic mass is 14.4. The third kappa shape index (κ3) is 2.08. The third-order valence-electron chi connectivity index (χ3n) is 6.10. The Hall–Kier alpha value is -0.520. The minimum Gasteiger partial charge on any atom is -0.0659 e. The normalized spacial score (nSPS) is 30.0. The van der Waals surface area contributed by atoms with Crippen LogP contribution in [-0.2, 0) is 0 Å². The summed E-state index contributed by atoms with van der Waals surface area (Å²) in [5, 5.41) is 0. The predicted octanol–water partition coefficient (Wildman–Crippen LogP) is 5.90. The van der Waals surface area contributed by atoms with Gasteiger partial charge in [-0.1, -0.05) is 51.2 Å². The highest BCUT2D eigenvalue weighted by Crippen LogP contribution is 2.50. The first-order valence-corrected chi connectivity index (χ1v) is 7.76. The summed E-state index contributed by atoms with van der Waals surface area (Å²) in [6, 6.07) is 0. The van der Waals surface area contributed by atoms with Crippen molar-refractivity contribution in [3.05, 3.63) is 22.3 Å². The smallest absolute Gasteiger partial charge is 0.00788 e. The summed E-state index contributed by atoms with van der Waals surface area (Å²) in [5.41, 5.74) is 6.99. The summed E-state index contributed by atoms with van der Waals surface area (Å²) in [4.78, 5) is 0. The molecular weight excluding hydrogens is 216 g/mol. The lowest BCUT2D eigenvalue weighted by atomic mass is 9.62. The standard InChI is InChI=1S/C18H30/c1-12-14(3)18(5,6)15(4)13(2)17(12)16-10-8-7-9-11-16/h14,16H,7-11H2,1-6H3. The molecule has 0 aromatic carbocycles. The van der Waals surface area contributed by atoms with Gasteiger partial charge in [0.1, 0.15) is 0 Å². The highest BCUT2D eigenvalue weighted by molar-refractivity contribution is 5.46. The van der Waals surface area contributed by atoms with Crippen molar-refractivity contribution in [3.8, 4) is 0 Å². The molecule has 0 N–H and O–H groups in total. The van der Waals surface area contributed by atoms with Gasteiger partial charge < -0.3 is 0 Å². The van der Waals surface area contributed by atoms with Crippen molar-refractivity contribution in [2.45, 2.75) is 73.6 Å². The topological polar surface area (TPSA) is 0 Å². The molecule has 1 unspecified atom stereocenters. The quantitative estimate of drug-likeness (QED) is 0.540. The fourth-order valence-electron chi connectivity index (χ4n) is 4.10. The van der Waals surface area contributed by atoms with Gasteiger partial charge in [-0.05, 0) is 62.0 Å². The Morgan fingerprint density at radius 2 is 1.50 bits per heavy atom. The molecule has 1 atom stereocenters. The van der Waals surface area contributed by atoms with Crippen LogP contribution in [0.2, 0.25) is 0 Å². The van der Waals surface area contributed by atoms with Gasteiger partial charge in [0.05, 0.1) is 0 Å². The molecule has 2 aliphatic rings. The van der Waals surface area contributed by atoms with Crippen molar-refractivity contribution in [2.24, 2.45) is 17.3 Å². The number of allylic oxidation sites excluding steroid dienone is 4. The molecule has 2 aliphatic carbocycles. The van der Waals surface area contributed by atoms with E-state index in [2.05, 4.69) is 41.5 Å². The molecule has 0 amide bonds. The van der Waals surface area contributed by atoms with Crippen molar-refractivity contribution in [1.29, 1.82) is 0 Å². The van der Waals surface area contributed by atoms with E-state index < -0.39 is 0 Å². The van der Waals surface area contributed by atoms with Gasteiger partial charge in [-0.15, -0.1) is 0 Å². The number of hydrogen-bond donors (Lipinski definition) is 0. The Morgan fingerprint density at radius 3 is 2.06 bits per heavy atom. The molecule has 0 spiro atoms. The Bertz CT molecular complexity index is 386. The average Bonchev–Trinajstić information content (AvgIpc) is 2.36. The molecule has 1 fully saturated rings. The SMILES string of the molecule is CC1=C(C)C(C)(C)C(C)C(C)=C1C1CCCCC1. The van der Waals surface area contributed by atoms with Crippen LogP contribution < -0.4 is 0 Å². The van der Waals surface area contributed by atoms with E-state index in [0.717, 1.165) is 5.92 Å². The van der Waals surface area contributed by atoms with Gasteiger partial charge >= 0.3 is 0 Å². The molecule has 0 nitrogen and oxygen atoms in total. The fourth-order valence-corrected chi connectivity index (χ4v) is 4.10. The summed E-state index contributed by atoms with van der Waals surface area (Å²) in [6.45, 7) is 14.4. The maximum Gasteiger partial charge on any atom is -0.00788 e. The van der Waals surface area contributed by atoms with Crippen molar-refractivity contribution < 1.29 is 0 Å². The van der Waals surface area contributed by atoms with Crippen LogP contribution in [0.25, 0.3) is 0 Å². The lowest BCUT2D eigenvalue weighted by Gasteiger charge is -2.43. The monoisotopic (exact) mass is 246 g/mol. The van der Waals surface area contributed by atoms with Crippen LogP contribution in [0, 0.1) is 17.3 Å². The Balaban J connectivity index is 2.42. The summed E-state index contributed by atoms with van der Waals surface area (Å²) < 4.78 is 0. The summed E-state index contributed by atoms with van der Waals surface area (Å²) in [7, 11) is 0. The van der Waals surface area contributed by atoms with Crippen LogP contribution in [0.4, 0.5) is 0 Å². The number of rotatable bonds is 1. The molecule has 1 saturated carbocycles. The van der Waals surface area contributed by atoms with Crippen LogP contribution in [0.15, 0.2) is 22.3 Å². The van der Waals surface area contributed by atoms with E-state index >= 15 is 0 Å². The zero-order valence-electron chi connectivity index (χ0n) is 13.2. The zero-order chi connectivity index (χ0) is 13.5. The molecule has 0 bridgehead atoms. The summed E-state index contributed by atoms with van der Waals surface area (Å²) in [6.07, 6.45) is 7.16. The Labute approximate surface area is 114 Å². The van der Waals surface area contributed by atoms with Gasteiger partial charge in [-0.25, -0.2) is 0 Å². The zero-order valence-corrected chi connectivity index (χ0v) is 13.2. The van der Waals surface area contributed by atoms with Gasteiger partial charge in [0.2, 0.25) is 0 Å². The first-order valence-electron chi connectivity index (χ1n) is 7.76. The van der Waals surface area contributed by atoms with Crippen molar-refractivity contribution in [1.82, 2.24) is 0 Å². The van der Waals surface area contributed by atoms with Crippen molar-refractivity contribution in [2.75, 3.05) is 0 Å². The first kappa shape index (κ1) is 13.9. The molecule has 0 aromatic rings. The highest BCUT2D eigenvalue weighted by Gasteiger charge is 2.37. The predicted molar refractivity (Wildman–Crippen MR) is 80.6 cm³/mol. The molecule has 2 rings (SSSR count). The van der Waals surface area contributed by atoms with Gasteiger partial charge in [0.15, 0.2) is 0 Å². The fraction of sp³-hybridized carbons (Fsp3) is 0.778. The minimum absolute atomic E-state index is 0.340. The van der Waals surface area contributed by atoms with Crippen molar-refractivity contribution in [3.63, 3.8) is 0 Å². The molecule has 0 heterocycles. The molecular formula is C18H30. The van der Waals surface area contributed by atoms with Gasteiger partial charge in [0.25, 0.3) is 0 Å². The van der Waals surface area contributed by atoms with E-state index in [0.29, 0.717) is 11.3 Å². The lowest BCUT2D eigenvalue weighted by molar-refractivity contribution is 0.304. The largest absolute Gasteiger partial charge is 0.0659 e. The average molecular weight is 246 g/mol. The van der Waals surface area contributed by atoms with E-state index in [-0.39, 0.29) is 0 Å². The lowest BCUT2D eigenvalue weighted by Crippen LogP contribution is -2.31. The minimum atomic E-state index is 0.340. The van der Waals surface area contributed by atoms with Gasteiger partial charge in [0, 0.05) is 0 Å². The molecule has 0 aromatic heterocycles. The molecule has 0 radical (unpaired) electrons. The van der Waals surface area contributed by atoms with Crippen LogP contribution in [0.1, 0.15) is 73.6 Å². The van der Waals surface area contributed by atoms with Crippen LogP contribution in [0.5, 0.6) is 0 Å².